The van der Waals surface area contributed by atoms with Gasteiger partial charge in [-0.25, -0.2) is 4.98 Å². The fourth-order valence-corrected chi connectivity index (χ4v) is 1.78. The van der Waals surface area contributed by atoms with Gasteiger partial charge in [0.05, 0.1) is 19.9 Å². The van der Waals surface area contributed by atoms with Crippen LogP contribution in [0.4, 0.5) is 0 Å². The molecule has 1 aromatic carbocycles. The molecule has 0 aliphatic rings. The van der Waals surface area contributed by atoms with E-state index in [0.717, 1.165) is 5.56 Å². The van der Waals surface area contributed by atoms with Gasteiger partial charge in [-0.3, -0.25) is 0 Å². The Balaban J connectivity index is 2.64. The minimum Gasteiger partial charge on any atom is -0.497 e. The Bertz CT molecular complexity index is 611. The second-order valence-electron chi connectivity index (χ2n) is 3.72. The maximum absolute atomic E-state index is 9.08. The molecule has 0 unspecified atom stereocenters. The van der Waals surface area contributed by atoms with Gasteiger partial charge in [-0.1, -0.05) is 0 Å². The number of aryl methyl sites for hydroxylation is 1. The molecule has 0 radical (unpaired) electrons. The zero-order valence-corrected chi connectivity index (χ0v) is 10.4. The molecular formula is C13H13N3O2. The lowest BCUT2D eigenvalue weighted by atomic mass is 10.1. The van der Waals surface area contributed by atoms with Crippen LogP contribution in [0.15, 0.2) is 18.2 Å². The van der Waals surface area contributed by atoms with Crippen molar-refractivity contribution in [3.8, 4) is 28.8 Å². The van der Waals surface area contributed by atoms with Gasteiger partial charge in [0.15, 0.2) is 5.69 Å². The topological polar surface area (TPSA) is 70.9 Å². The summed E-state index contributed by atoms with van der Waals surface area (Å²) in [5, 5.41) is 9.08. The number of hydrogen-bond donors (Lipinski definition) is 1. The molecule has 0 fully saturated rings. The highest BCUT2D eigenvalue weighted by Crippen LogP contribution is 2.33. The average molecular weight is 243 g/mol. The molecule has 0 atom stereocenters. The third-order valence-electron chi connectivity index (χ3n) is 2.60. The number of hydrogen-bond acceptors (Lipinski definition) is 4. The van der Waals surface area contributed by atoms with E-state index < -0.39 is 0 Å². The smallest absolute Gasteiger partial charge is 0.166 e. The highest BCUT2D eigenvalue weighted by atomic mass is 16.5. The molecule has 18 heavy (non-hydrogen) atoms. The first-order chi connectivity index (χ1) is 8.69. The molecule has 1 N–H and O–H groups in total. The maximum atomic E-state index is 9.08. The minimum absolute atomic E-state index is 0.346. The van der Waals surface area contributed by atoms with Crippen molar-refractivity contribution >= 4 is 0 Å². The first-order valence-electron chi connectivity index (χ1n) is 5.38. The van der Waals surface area contributed by atoms with Gasteiger partial charge >= 0.3 is 0 Å². The molecule has 2 aromatic rings. The Morgan fingerprint density at radius 2 is 2.06 bits per heavy atom. The average Bonchev–Trinajstić information content (AvgIpc) is 2.79. The van der Waals surface area contributed by atoms with Crippen LogP contribution in [0, 0.1) is 18.3 Å². The summed E-state index contributed by atoms with van der Waals surface area (Å²) >= 11 is 0. The van der Waals surface area contributed by atoms with E-state index >= 15 is 0 Å². The van der Waals surface area contributed by atoms with Crippen molar-refractivity contribution in [1.82, 2.24) is 9.97 Å². The van der Waals surface area contributed by atoms with E-state index in [9.17, 15) is 0 Å². The summed E-state index contributed by atoms with van der Waals surface area (Å²) < 4.78 is 10.5. The predicted molar refractivity (Wildman–Crippen MR) is 66.6 cm³/mol. The SMILES string of the molecule is COc1ccc(OC)c(-c2[nH]c(C)nc2C#N)c1. The molecule has 0 saturated carbocycles. The van der Waals surface area contributed by atoms with Crippen LogP contribution >= 0.6 is 0 Å². The van der Waals surface area contributed by atoms with Crippen LogP contribution in [0.25, 0.3) is 11.3 Å². The lowest BCUT2D eigenvalue weighted by Gasteiger charge is -2.09. The van der Waals surface area contributed by atoms with E-state index in [1.165, 1.54) is 0 Å². The Morgan fingerprint density at radius 1 is 1.28 bits per heavy atom. The quantitative estimate of drug-likeness (QED) is 0.897. The fraction of sp³-hybridized carbons (Fsp3) is 0.231. The standard InChI is InChI=1S/C13H13N3O2/c1-8-15-11(7-14)13(16-8)10-6-9(17-2)4-5-12(10)18-3/h4-6H,1-3H3,(H,15,16). The van der Waals surface area contributed by atoms with Gasteiger partial charge in [-0.2, -0.15) is 5.26 Å². The molecule has 1 aromatic heterocycles. The van der Waals surface area contributed by atoms with Crippen molar-refractivity contribution in [3.63, 3.8) is 0 Å². The highest BCUT2D eigenvalue weighted by Gasteiger charge is 2.15. The summed E-state index contributed by atoms with van der Waals surface area (Å²) in [7, 11) is 3.18. The summed E-state index contributed by atoms with van der Waals surface area (Å²) in [5.74, 6) is 2.05. The van der Waals surface area contributed by atoms with Crippen LogP contribution in [-0.2, 0) is 0 Å². The number of nitriles is 1. The molecule has 0 bridgehead atoms. The van der Waals surface area contributed by atoms with E-state index in [1.807, 2.05) is 6.07 Å². The van der Waals surface area contributed by atoms with E-state index in [0.29, 0.717) is 28.7 Å². The third-order valence-corrected chi connectivity index (χ3v) is 2.60. The van der Waals surface area contributed by atoms with Crippen molar-refractivity contribution in [2.24, 2.45) is 0 Å². The van der Waals surface area contributed by atoms with E-state index in [-0.39, 0.29) is 0 Å². The van der Waals surface area contributed by atoms with Crippen molar-refractivity contribution in [2.45, 2.75) is 6.92 Å². The Labute approximate surface area is 105 Å². The molecule has 0 saturated heterocycles. The summed E-state index contributed by atoms with van der Waals surface area (Å²) in [6.45, 7) is 1.80. The molecule has 2 rings (SSSR count). The number of H-pyrrole nitrogens is 1. The fourth-order valence-electron chi connectivity index (χ4n) is 1.78. The summed E-state index contributed by atoms with van der Waals surface area (Å²) in [6, 6.07) is 7.48. The summed E-state index contributed by atoms with van der Waals surface area (Å²) in [6.07, 6.45) is 0. The third kappa shape index (κ3) is 2.00. The summed E-state index contributed by atoms with van der Waals surface area (Å²) in [4.78, 5) is 7.19. The number of methoxy groups -OCH3 is 2. The first kappa shape index (κ1) is 12.0. The number of benzene rings is 1. The van der Waals surface area contributed by atoms with Gasteiger partial charge in [-0.05, 0) is 25.1 Å². The number of aromatic nitrogens is 2. The summed E-state index contributed by atoms with van der Waals surface area (Å²) in [5.41, 5.74) is 1.75. The normalized spacial score (nSPS) is 9.89. The zero-order chi connectivity index (χ0) is 13.1. The minimum atomic E-state index is 0.346. The second kappa shape index (κ2) is 4.80. The van der Waals surface area contributed by atoms with Gasteiger partial charge in [0.25, 0.3) is 0 Å². The number of rotatable bonds is 3. The zero-order valence-electron chi connectivity index (χ0n) is 10.4. The Kier molecular flexibility index (Phi) is 3.20. The molecule has 5 heteroatoms. The largest absolute Gasteiger partial charge is 0.497 e. The first-order valence-corrected chi connectivity index (χ1v) is 5.38. The van der Waals surface area contributed by atoms with Crippen molar-refractivity contribution < 1.29 is 9.47 Å². The van der Waals surface area contributed by atoms with Crippen molar-refractivity contribution in [3.05, 3.63) is 29.7 Å². The lowest BCUT2D eigenvalue weighted by molar-refractivity contribution is 0.404. The maximum Gasteiger partial charge on any atom is 0.166 e. The highest BCUT2D eigenvalue weighted by molar-refractivity contribution is 5.73. The van der Waals surface area contributed by atoms with E-state index in [4.69, 9.17) is 14.7 Å². The Morgan fingerprint density at radius 3 is 2.67 bits per heavy atom. The number of aromatic amines is 1. The van der Waals surface area contributed by atoms with Gasteiger partial charge in [0.1, 0.15) is 23.4 Å². The molecular weight excluding hydrogens is 230 g/mol. The molecule has 0 aliphatic carbocycles. The molecule has 5 nitrogen and oxygen atoms in total. The number of imidazole rings is 1. The van der Waals surface area contributed by atoms with Gasteiger partial charge in [0, 0.05) is 5.56 Å². The van der Waals surface area contributed by atoms with Crippen molar-refractivity contribution in [1.29, 1.82) is 5.26 Å². The van der Waals surface area contributed by atoms with Crippen LogP contribution in [0.2, 0.25) is 0 Å². The number of nitrogens with zero attached hydrogens (tertiary/aromatic N) is 2. The lowest BCUT2D eigenvalue weighted by Crippen LogP contribution is -1.92. The molecule has 0 amide bonds. The molecule has 0 spiro atoms. The van der Waals surface area contributed by atoms with Gasteiger partial charge < -0.3 is 14.5 Å². The van der Waals surface area contributed by atoms with Crippen LogP contribution in [0.1, 0.15) is 11.5 Å². The van der Waals surface area contributed by atoms with Crippen LogP contribution in [0.3, 0.4) is 0 Å². The van der Waals surface area contributed by atoms with E-state index in [2.05, 4.69) is 16.0 Å². The molecule has 1 heterocycles. The monoisotopic (exact) mass is 243 g/mol. The van der Waals surface area contributed by atoms with Gasteiger partial charge in [0.2, 0.25) is 0 Å². The second-order valence-corrected chi connectivity index (χ2v) is 3.72. The van der Waals surface area contributed by atoms with Crippen LogP contribution in [-0.4, -0.2) is 24.2 Å². The van der Waals surface area contributed by atoms with Gasteiger partial charge in [-0.15, -0.1) is 0 Å². The predicted octanol–water partition coefficient (Wildman–Crippen LogP) is 2.27. The number of ether oxygens (including phenoxy) is 2. The van der Waals surface area contributed by atoms with E-state index in [1.54, 1.807) is 33.3 Å². The molecule has 92 valence electrons. The molecule has 0 aliphatic heterocycles. The van der Waals surface area contributed by atoms with Crippen LogP contribution < -0.4 is 9.47 Å². The Hall–Kier alpha value is -2.48. The van der Waals surface area contributed by atoms with Crippen molar-refractivity contribution in [2.75, 3.05) is 14.2 Å². The van der Waals surface area contributed by atoms with Crippen LogP contribution in [0.5, 0.6) is 11.5 Å². The number of nitrogens with one attached hydrogen (secondary N) is 1.